The Hall–Kier alpha value is -3.06. The molecule has 7 nitrogen and oxygen atoms in total. The summed E-state index contributed by atoms with van der Waals surface area (Å²) in [6.07, 6.45) is 3.89. The topological polar surface area (TPSA) is 90.9 Å². The highest BCUT2D eigenvalue weighted by molar-refractivity contribution is 6.30. The maximum absolute atomic E-state index is 12.9. The van der Waals surface area contributed by atoms with Gasteiger partial charge in [0.05, 0.1) is 11.8 Å². The summed E-state index contributed by atoms with van der Waals surface area (Å²) in [4.78, 5) is 37.3. The molecule has 1 saturated carbocycles. The van der Waals surface area contributed by atoms with Crippen LogP contribution in [0.2, 0.25) is 5.02 Å². The second kappa shape index (κ2) is 13.7. The number of amides is 1. The Balaban J connectivity index is 1.48. The van der Waals surface area contributed by atoms with Crippen LogP contribution in [0, 0.1) is 11.8 Å². The van der Waals surface area contributed by atoms with Gasteiger partial charge in [-0.05, 0) is 55.5 Å². The molecule has 0 aliphatic heterocycles. The van der Waals surface area contributed by atoms with Crippen LogP contribution < -0.4 is 10.1 Å². The molecule has 0 saturated heterocycles. The predicted octanol–water partition coefficient (Wildman–Crippen LogP) is 5.69. The lowest BCUT2D eigenvalue weighted by molar-refractivity contribution is -0.171. The zero-order valence-corrected chi connectivity index (χ0v) is 20.7. The molecule has 1 N–H and O–H groups in total. The number of rotatable bonds is 10. The summed E-state index contributed by atoms with van der Waals surface area (Å²) in [6.45, 7) is 1.71. The van der Waals surface area contributed by atoms with Crippen molar-refractivity contribution in [2.24, 2.45) is 11.8 Å². The van der Waals surface area contributed by atoms with Crippen molar-refractivity contribution in [2.75, 3.05) is 6.54 Å². The van der Waals surface area contributed by atoms with Gasteiger partial charge in [0, 0.05) is 18.5 Å². The van der Waals surface area contributed by atoms with Crippen LogP contribution in [0.4, 0.5) is 4.79 Å². The summed E-state index contributed by atoms with van der Waals surface area (Å²) < 4.78 is 16.0. The van der Waals surface area contributed by atoms with Crippen LogP contribution in [-0.4, -0.2) is 30.9 Å². The zero-order chi connectivity index (χ0) is 25.0. The van der Waals surface area contributed by atoms with E-state index in [1.54, 1.807) is 24.3 Å². The third-order valence-electron chi connectivity index (χ3n) is 5.95. The standard InChI is InChI=1S/C27H32ClNO6/c1-19(33-25(30)21-10-6-3-7-11-21)34-27(32)29-17-16-22(18-20-8-4-2-5-9-20)26(31)35-24-14-12-23(28)13-15-24/h2,4-5,8-9,12-15,19,21-22H,3,6-7,10-11,16-18H2,1H3,(H,29,32). The Morgan fingerprint density at radius 2 is 1.66 bits per heavy atom. The fourth-order valence-electron chi connectivity index (χ4n) is 4.07. The highest BCUT2D eigenvalue weighted by Crippen LogP contribution is 2.25. The Labute approximate surface area is 211 Å². The monoisotopic (exact) mass is 501 g/mol. The minimum Gasteiger partial charge on any atom is -0.426 e. The van der Waals surface area contributed by atoms with Gasteiger partial charge in [0.25, 0.3) is 0 Å². The Bertz CT molecular complexity index is 959. The van der Waals surface area contributed by atoms with Gasteiger partial charge in [-0.25, -0.2) is 4.79 Å². The Morgan fingerprint density at radius 3 is 2.34 bits per heavy atom. The van der Waals surface area contributed by atoms with Crippen molar-refractivity contribution in [1.29, 1.82) is 0 Å². The smallest absolute Gasteiger partial charge is 0.410 e. The average Bonchev–Trinajstić information content (AvgIpc) is 2.86. The van der Waals surface area contributed by atoms with E-state index >= 15 is 0 Å². The lowest BCUT2D eigenvalue weighted by Crippen LogP contribution is -2.34. The molecule has 3 rings (SSSR count). The van der Waals surface area contributed by atoms with E-state index in [1.165, 1.54) is 6.92 Å². The highest BCUT2D eigenvalue weighted by atomic mass is 35.5. The maximum Gasteiger partial charge on any atom is 0.410 e. The molecule has 2 aromatic carbocycles. The van der Waals surface area contributed by atoms with Crippen molar-refractivity contribution >= 4 is 29.6 Å². The van der Waals surface area contributed by atoms with E-state index in [2.05, 4.69) is 5.32 Å². The summed E-state index contributed by atoms with van der Waals surface area (Å²) in [6, 6.07) is 16.2. The number of carbonyl (C=O) groups excluding carboxylic acids is 3. The molecule has 2 atom stereocenters. The molecule has 1 amide bonds. The first-order valence-electron chi connectivity index (χ1n) is 12.1. The first-order chi connectivity index (χ1) is 16.9. The number of carbonyl (C=O) groups is 3. The van der Waals surface area contributed by atoms with E-state index in [9.17, 15) is 14.4 Å². The molecule has 1 aliphatic carbocycles. The summed E-state index contributed by atoms with van der Waals surface area (Å²) in [7, 11) is 0. The quantitative estimate of drug-likeness (QED) is 0.255. The molecule has 8 heteroatoms. The van der Waals surface area contributed by atoms with E-state index in [1.807, 2.05) is 30.3 Å². The molecule has 2 unspecified atom stereocenters. The van der Waals surface area contributed by atoms with E-state index in [-0.39, 0.29) is 18.4 Å². The first kappa shape index (κ1) is 26.5. The van der Waals surface area contributed by atoms with E-state index in [0.29, 0.717) is 23.6 Å². The van der Waals surface area contributed by atoms with E-state index in [4.69, 9.17) is 25.8 Å². The third kappa shape index (κ3) is 9.25. The van der Waals surface area contributed by atoms with Crippen LogP contribution in [0.15, 0.2) is 54.6 Å². The number of benzene rings is 2. The van der Waals surface area contributed by atoms with E-state index in [0.717, 1.165) is 37.7 Å². The molecule has 188 valence electrons. The summed E-state index contributed by atoms with van der Waals surface area (Å²) in [5.74, 6) is -0.935. The normalized spacial score (nSPS) is 15.5. The fraction of sp³-hybridized carbons (Fsp3) is 0.444. The number of nitrogens with one attached hydrogen (secondary N) is 1. The van der Waals surface area contributed by atoms with Crippen molar-refractivity contribution in [2.45, 2.75) is 58.2 Å². The molecule has 1 aliphatic rings. The van der Waals surface area contributed by atoms with Gasteiger partial charge in [-0.3, -0.25) is 9.59 Å². The van der Waals surface area contributed by atoms with Crippen LogP contribution in [0.5, 0.6) is 5.75 Å². The predicted molar refractivity (Wildman–Crippen MR) is 132 cm³/mol. The number of ether oxygens (including phenoxy) is 3. The first-order valence-corrected chi connectivity index (χ1v) is 12.4. The van der Waals surface area contributed by atoms with Crippen LogP contribution >= 0.6 is 11.6 Å². The van der Waals surface area contributed by atoms with Crippen molar-refractivity contribution in [3.8, 4) is 5.75 Å². The van der Waals surface area contributed by atoms with E-state index < -0.39 is 24.3 Å². The molecule has 0 radical (unpaired) electrons. The molecular weight excluding hydrogens is 470 g/mol. The molecule has 0 heterocycles. The highest BCUT2D eigenvalue weighted by Gasteiger charge is 2.25. The van der Waals surface area contributed by atoms with Crippen LogP contribution in [0.3, 0.4) is 0 Å². The van der Waals surface area contributed by atoms with Crippen LogP contribution in [0.25, 0.3) is 0 Å². The van der Waals surface area contributed by atoms with Crippen molar-refractivity contribution in [3.63, 3.8) is 0 Å². The van der Waals surface area contributed by atoms with Gasteiger partial charge in [0.1, 0.15) is 5.75 Å². The third-order valence-corrected chi connectivity index (χ3v) is 6.20. The minimum absolute atomic E-state index is 0.122. The molecule has 0 spiro atoms. The van der Waals surface area contributed by atoms with Crippen molar-refractivity contribution < 1.29 is 28.6 Å². The Kier molecular flexibility index (Phi) is 10.4. The molecular formula is C27H32ClNO6. The van der Waals surface area contributed by atoms with Gasteiger partial charge in [-0.2, -0.15) is 0 Å². The van der Waals surface area contributed by atoms with Crippen LogP contribution in [0.1, 0.15) is 51.0 Å². The van der Waals surface area contributed by atoms with Crippen LogP contribution in [-0.2, 0) is 25.5 Å². The van der Waals surface area contributed by atoms with Gasteiger partial charge >= 0.3 is 18.0 Å². The molecule has 0 bridgehead atoms. The summed E-state index contributed by atoms with van der Waals surface area (Å²) in [5.41, 5.74) is 0.983. The van der Waals surface area contributed by atoms with Gasteiger partial charge < -0.3 is 19.5 Å². The average molecular weight is 502 g/mol. The van der Waals surface area contributed by atoms with Crippen molar-refractivity contribution in [1.82, 2.24) is 5.32 Å². The van der Waals surface area contributed by atoms with Gasteiger partial charge in [-0.15, -0.1) is 0 Å². The summed E-state index contributed by atoms with van der Waals surface area (Å²) in [5, 5.41) is 3.18. The van der Waals surface area contributed by atoms with Gasteiger partial charge in [0.2, 0.25) is 6.29 Å². The lowest BCUT2D eigenvalue weighted by atomic mass is 9.89. The SMILES string of the molecule is CC(OC(=O)NCCC(Cc1ccccc1)C(=O)Oc1ccc(Cl)cc1)OC(=O)C1CCCCC1. The minimum atomic E-state index is -0.987. The number of hydrogen-bond acceptors (Lipinski definition) is 6. The maximum atomic E-state index is 12.9. The fourth-order valence-corrected chi connectivity index (χ4v) is 4.19. The number of esters is 2. The largest absolute Gasteiger partial charge is 0.426 e. The number of alkyl carbamates (subject to hydrolysis) is 1. The Morgan fingerprint density at radius 1 is 0.971 bits per heavy atom. The zero-order valence-electron chi connectivity index (χ0n) is 19.9. The van der Waals surface area contributed by atoms with Gasteiger partial charge in [-0.1, -0.05) is 61.2 Å². The second-order valence-electron chi connectivity index (χ2n) is 8.72. The molecule has 35 heavy (non-hydrogen) atoms. The summed E-state index contributed by atoms with van der Waals surface area (Å²) >= 11 is 5.90. The van der Waals surface area contributed by atoms with Crippen molar-refractivity contribution in [3.05, 3.63) is 65.2 Å². The number of halogens is 1. The van der Waals surface area contributed by atoms with Gasteiger partial charge in [0.15, 0.2) is 0 Å². The number of hydrogen-bond donors (Lipinski definition) is 1. The molecule has 1 fully saturated rings. The lowest BCUT2D eigenvalue weighted by Gasteiger charge is -2.22. The second-order valence-corrected chi connectivity index (χ2v) is 9.16. The molecule has 0 aromatic heterocycles. The molecule has 2 aromatic rings.